The number of nitrogens with one attached hydrogen (secondary N) is 2. The largest absolute Gasteiger partial charge is 0.469 e. The van der Waals surface area contributed by atoms with Gasteiger partial charge in [0.25, 0.3) is 0 Å². The third-order valence-electron chi connectivity index (χ3n) is 2.15. The molecule has 0 bridgehead atoms. The van der Waals surface area contributed by atoms with Crippen molar-refractivity contribution in [3.63, 3.8) is 0 Å². The van der Waals surface area contributed by atoms with Crippen LogP contribution >= 0.6 is 0 Å². The van der Waals surface area contributed by atoms with E-state index < -0.39 is 0 Å². The van der Waals surface area contributed by atoms with Gasteiger partial charge >= 0.3 is 0 Å². The Labute approximate surface area is 90.0 Å². The van der Waals surface area contributed by atoms with E-state index in [2.05, 4.69) is 10.6 Å². The maximum Gasteiger partial charge on any atom is 0.236 e. The van der Waals surface area contributed by atoms with Crippen molar-refractivity contribution >= 4 is 5.91 Å². The van der Waals surface area contributed by atoms with Crippen LogP contribution in [0.3, 0.4) is 0 Å². The summed E-state index contributed by atoms with van der Waals surface area (Å²) in [5.41, 5.74) is 0. The predicted molar refractivity (Wildman–Crippen MR) is 58.6 cm³/mol. The zero-order valence-electron chi connectivity index (χ0n) is 9.25. The van der Waals surface area contributed by atoms with Gasteiger partial charge in [0.2, 0.25) is 5.91 Å². The normalized spacial score (nSPS) is 12.4. The Balaban J connectivity index is 2.17. The Bertz CT molecular complexity index is 283. The van der Waals surface area contributed by atoms with E-state index in [0.29, 0.717) is 6.54 Å². The molecule has 1 aromatic heterocycles. The molecular weight excluding hydrogens is 192 g/mol. The molecule has 4 heteroatoms. The zero-order valence-corrected chi connectivity index (χ0v) is 9.25. The Morgan fingerprint density at radius 3 is 3.00 bits per heavy atom. The van der Waals surface area contributed by atoms with Gasteiger partial charge in [-0.1, -0.05) is 0 Å². The lowest BCUT2D eigenvalue weighted by Crippen LogP contribution is -2.42. The molecular formula is C11H18N2O2. The highest BCUT2D eigenvalue weighted by Gasteiger charge is 2.10. The number of likely N-dealkylation sites (N-methyl/N-ethyl adjacent to an activating group) is 1. The summed E-state index contributed by atoms with van der Waals surface area (Å²) >= 11 is 0. The topological polar surface area (TPSA) is 54.3 Å². The number of hydrogen-bond donors (Lipinski definition) is 2. The van der Waals surface area contributed by atoms with Gasteiger partial charge in [-0.15, -0.1) is 0 Å². The second-order valence-electron chi connectivity index (χ2n) is 3.40. The van der Waals surface area contributed by atoms with E-state index in [9.17, 15) is 4.79 Å². The molecule has 1 atom stereocenters. The molecule has 1 amide bonds. The van der Waals surface area contributed by atoms with Gasteiger partial charge in [-0.2, -0.15) is 0 Å². The van der Waals surface area contributed by atoms with Gasteiger partial charge in [-0.3, -0.25) is 4.79 Å². The first-order valence-corrected chi connectivity index (χ1v) is 5.27. The maximum absolute atomic E-state index is 11.3. The molecule has 15 heavy (non-hydrogen) atoms. The van der Waals surface area contributed by atoms with Gasteiger partial charge in [0, 0.05) is 19.5 Å². The van der Waals surface area contributed by atoms with E-state index in [-0.39, 0.29) is 11.9 Å². The average Bonchev–Trinajstić information content (AvgIpc) is 2.71. The zero-order chi connectivity index (χ0) is 11.1. The number of furan rings is 1. The van der Waals surface area contributed by atoms with Crippen LogP contribution in [0.5, 0.6) is 0 Å². The summed E-state index contributed by atoms with van der Waals surface area (Å²) in [5, 5.41) is 5.90. The fourth-order valence-electron chi connectivity index (χ4n) is 1.29. The monoisotopic (exact) mass is 210 g/mol. The first-order chi connectivity index (χ1) is 7.24. The summed E-state index contributed by atoms with van der Waals surface area (Å²) in [6, 6.07) is 3.64. The van der Waals surface area contributed by atoms with Gasteiger partial charge in [0.05, 0.1) is 12.3 Å². The van der Waals surface area contributed by atoms with E-state index in [1.165, 1.54) is 0 Å². The predicted octanol–water partition coefficient (Wildman–Crippen LogP) is 0.936. The smallest absolute Gasteiger partial charge is 0.236 e. The van der Waals surface area contributed by atoms with Crippen molar-refractivity contribution in [1.29, 1.82) is 0 Å². The van der Waals surface area contributed by atoms with Gasteiger partial charge in [0.15, 0.2) is 0 Å². The van der Waals surface area contributed by atoms with E-state index in [1.807, 2.05) is 26.0 Å². The second-order valence-corrected chi connectivity index (χ2v) is 3.40. The van der Waals surface area contributed by atoms with Crippen molar-refractivity contribution < 1.29 is 9.21 Å². The Morgan fingerprint density at radius 1 is 1.60 bits per heavy atom. The summed E-state index contributed by atoms with van der Waals surface area (Å²) < 4.78 is 5.18. The Hall–Kier alpha value is -1.29. The van der Waals surface area contributed by atoms with Gasteiger partial charge in [0.1, 0.15) is 5.76 Å². The molecule has 1 aromatic rings. The van der Waals surface area contributed by atoms with Crippen LogP contribution in [0.2, 0.25) is 0 Å². The SMILES string of the molecule is CCNC(=O)C(C)NCCc1ccco1. The maximum atomic E-state index is 11.3. The van der Waals surface area contributed by atoms with Crippen molar-refractivity contribution in [2.24, 2.45) is 0 Å². The first kappa shape index (κ1) is 11.8. The molecule has 0 aliphatic rings. The lowest BCUT2D eigenvalue weighted by Gasteiger charge is -2.12. The molecule has 2 N–H and O–H groups in total. The van der Waals surface area contributed by atoms with Crippen LogP contribution in [0.15, 0.2) is 22.8 Å². The van der Waals surface area contributed by atoms with Crippen molar-refractivity contribution in [3.05, 3.63) is 24.2 Å². The quantitative estimate of drug-likeness (QED) is 0.734. The van der Waals surface area contributed by atoms with Crippen molar-refractivity contribution in [2.75, 3.05) is 13.1 Å². The van der Waals surface area contributed by atoms with Gasteiger partial charge in [-0.25, -0.2) is 0 Å². The minimum atomic E-state index is -0.153. The highest BCUT2D eigenvalue weighted by atomic mass is 16.3. The molecule has 4 nitrogen and oxygen atoms in total. The molecule has 84 valence electrons. The Kier molecular flexibility index (Phi) is 4.90. The van der Waals surface area contributed by atoms with Crippen LogP contribution < -0.4 is 10.6 Å². The van der Waals surface area contributed by atoms with Crippen molar-refractivity contribution in [2.45, 2.75) is 26.3 Å². The van der Waals surface area contributed by atoms with Crippen LogP contribution in [-0.4, -0.2) is 25.0 Å². The molecule has 0 fully saturated rings. The third-order valence-corrected chi connectivity index (χ3v) is 2.15. The lowest BCUT2D eigenvalue weighted by atomic mass is 10.2. The standard InChI is InChI=1S/C11H18N2O2/c1-3-12-11(14)9(2)13-7-6-10-5-4-8-15-10/h4-5,8-9,13H,3,6-7H2,1-2H3,(H,12,14). The second kappa shape index (κ2) is 6.24. The van der Waals surface area contributed by atoms with Crippen LogP contribution in [0.4, 0.5) is 0 Å². The molecule has 0 aliphatic heterocycles. The Morgan fingerprint density at radius 2 is 2.40 bits per heavy atom. The minimum Gasteiger partial charge on any atom is -0.469 e. The third kappa shape index (κ3) is 4.16. The molecule has 1 rings (SSSR count). The number of amides is 1. The van der Waals surface area contributed by atoms with Gasteiger partial charge < -0.3 is 15.1 Å². The van der Waals surface area contributed by atoms with Crippen LogP contribution in [0.25, 0.3) is 0 Å². The summed E-state index contributed by atoms with van der Waals surface area (Å²) in [4.78, 5) is 11.3. The summed E-state index contributed by atoms with van der Waals surface area (Å²) in [7, 11) is 0. The number of carbonyl (C=O) groups excluding carboxylic acids is 1. The molecule has 0 saturated carbocycles. The molecule has 0 aliphatic carbocycles. The minimum absolute atomic E-state index is 0.0388. The van der Waals surface area contributed by atoms with Crippen LogP contribution in [0.1, 0.15) is 19.6 Å². The lowest BCUT2D eigenvalue weighted by molar-refractivity contribution is -0.122. The van der Waals surface area contributed by atoms with E-state index in [4.69, 9.17) is 4.42 Å². The van der Waals surface area contributed by atoms with Gasteiger partial charge in [-0.05, 0) is 26.0 Å². The first-order valence-electron chi connectivity index (χ1n) is 5.27. The van der Waals surface area contributed by atoms with E-state index >= 15 is 0 Å². The van der Waals surface area contributed by atoms with E-state index in [1.54, 1.807) is 6.26 Å². The fraction of sp³-hybridized carbons (Fsp3) is 0.545. The molecule has 1 heterocycles. The highest BCUT2D eigenvalue weighted by molar-refractivity contribution is 5.81. The summed E-state index contributed by atoms with van der Waals surface area (Å²) in [6.45, 7) is 5.18. The van der Waals surface area contributed by atoms with Crippen LogP contribution in [0, 0.1) is 0 Å². The number of hydrogen-bond acceptors (Lipinski definition) is 3. The fourth-order valence-corrected chi connectivity index (χ4v) is 1.29. The van der Waals surface area contributed by atoms with Crippen molar-refractivity contribution in [1.82, 2.24) is 10.6 Å². The molecule has 0 radical (unpaired) electrons. The molecule has 0 spiro atoms. The summed E-state index contributed by atoms with van der Waals surface area (Å²) in [6.07, 6.45) is 2.46. The highest BCUT2D eigenvalue weighted by Crippen LogP contribution is 1.99. The number of rotatable bonds is 6. The van der Waals surface area contributed by atoms with Crippen LogP contribution in [-0.2, 0) is 11.2 Å². The molecule has 0 saturated heterocycles. The summed E-state index contributed by atoms with van der Waals surface area (Å²) in [5.74, 6) is 0.975. The van der Waals surface area contributed by atoms with Crippen molar-refractivity contribution in [3.8, 4) is 0 Å². The average molecular weight is 210 g/mol. The van der Waals surface area contributed by atoms with E-state index in [0.717, 1.165) is 18.7 Å². The number of carbonyl (C=O) groups is 1. The molecule has 0 aromatic carbocycles. The molecule has 1 unspecified atom stereocenters.